The molecule has 6 amide bonds. The molecule has 0 atom stereocenters. The number of isocyanates is 3. The fraction of sp³-hybridized carbons (Fsp3) is 0.812. The number of hydrogen-bond acceptors (Lipinski definition) is 10. The van der Waals surface area contributed by atoms with Gasteiger partial charge in [0.2, 0.25) is 18.2 Å². The van der Waals surface area contributed by atoms with Crippen molar-refractivity contribution in [3.8, 4) is 0 Å². The maximum Gasteiger partial charge on any atom is 0.317 e. The van der Waals surface area contributed by atoms with E-state index in [9.17, 15) is 28.8 Å². The standard InChI is InChI=1S/C32H58N10O6/c1-2-42(32(48)40-20-14-8-5-11-17-35-29-45)26-25-41(23-21-38-30(46)36-18-12-6-3-9-15-33-27-43)24-22-39-31(47)37-19-13-7-4-10-16-34-28-44/h2-26H2,1H3,(H,40,48)(H2,36,38,46)(H2,37,39,47). The van der Waals surface area contributed by atoms with Crippen LogP contribution >= 0.6 is 0 Å². The number of nitrogens with one attached hydrogen (secondary N) is 5. The zero-order chi connectivity index (χ0) is 35.3. The van der Waals surface area contributed by atoms with Crippen LogP contribution in [-0.4, -0.2) is 131 Å². The van der Waals surface area contributed by atoms with E-state index in [-0.39, 0.29) is 18.1 Å². The lowest BCUT2D eigenvalue weighted by Gasteiger charge is -2.27. The zero-order valence-corrected chi connectivity index (χ0v) is 28.9. The molecule has 0 aliphatic rings. The molecule has 0 spiro atoms. The molecule has 0 rings (SSSR count). The van der Waals surface area contributed by atoms with E-state index in [1.807, 2.05) is 6.92 Å². The summed E-state index contributed by atoms with van der Waals surface area (Å²) in [6, 6.07) is -0.632. The molecular formula is C32H58N10O6. The van der Waals surface area contributed by atoms with Crippen molar-refractivity contribution in [3.63, 3.8) is 0 Å². The summed E-state index contributed by atoms with van der Waals surface area (Å²) in [4.78, 5) is 82.0. The summed E-state index contributed by atoms with van der Waals surface area (Å²) in [5.74, 6) is 0. The highest BCUT2D eigenvalue weighted by Crippen LogP contribution is 2.01. The van der Waals surface area contributed by atoms with Gasteiger partial charge in [0, 0.05) is 65.4 Å². The van der Waals surface area contributed by atoms with Crippen LogP contribution in [0, 0.1) is 0 Å². The Morgan fingerprint density at radius 2 is 0.854 bits per heavy atom. The van der Waals surface area contributed by atoms with Crippen molar-refractivity contribution in [2.24, 2.45) is 15.0 Å². The van der Waals surface area contributed by atoms with E-state index in [4.69, 9.17) is 0 Å². The highest BCUT2D eigenvalue weighted by molar-refractivity contribution is 5.74. The molecule has 0 saturated carbocycles. The minimum Gasteiger partial charge on any atom is -0.338 e. The van der Waals surface area contributed by atoms with Crippen molar-refractivity contribution < 1.29 is 28.8 Å². The highest BCUT2D eigenvalue weighted by atomic mass is 16.2. The molecule has 16 heteroatoms. The van der Waals surface area contributed by atoms with Gasteiger partial charge in [-0.25, -0.2) is 43.7 Å². The third kappa shape index (κ3) is 29.3. The average molecular weight is 679 g/mol. The Bertz CT molecular complexity index is 948. The monoisotopic (exact) mass is 678 g/mol. The van der Waals surface area contributed by atoms with Crippen molar-refractivity contribution in [1.82, 2.24) is 36.4 Å². The van der Waals surface area contributed by atoms with Crippen molar-refractivity contribution in [3.05, 3.63) is 0 Å². The lowest BCUT2D eigenvalue weighted by Crippen LogP contribution is -2.48. The number of nitrogens with zero attached hydrogens (tertiary/aromatic N) is 5. The van der Waals surface area contributed by atoms with Gasteiger partial charge in [-0.3, -0.25) is 4.90 Å². The largest absolute Gasteiger partial charge is 0.338 e. The Morgan fingerprint density at radius 1 is 0.479 bits per heavy atom. The fourth-order valence-electron chi connectivity index (χ4n) is 4.64. The Balaban J connectivity index is 4.61. The maximum absolute atomic E-state index is 12.8. The lowest BCUT2D eigenvalue weighted by molar-refractivity contribution is 0.184. The summed E-state index contributed by atoms with van der Waals surface area (Å²) in [6.07, 6.45) is 15.2. The van der Waals surface area contributed by atoms with Crippen LogP contribution in [0.1, 0.15) is 84.0 Å². The third-order valence-electron chi connectivity index (χ3n) is 7.41. The van der Waals surface area contributed by atoms with Gasteiger partial charge in [0.1, 0.15) is 0 Å². The first kappa shape index (κ1) is 43.9. The van der Waals surface area contributed by atoms with E-state index in [2.05, 4.69) is 46.5 Å². The van der Waals surface area contributed by atoms with Crippen molar-refractivity contribution in [1.29, 1.82) is 0 Å². The predicted molar refractivity (Wildman–Crippen MR) is 184 cm³/mol. The van der Waals surface area contributed by atoms with Gasteiger partial charge in [0.15, 0.2) is 0 Å². The summed E-state index contributed by atoms with van der Waals surface area (Å²) < 4.78 is 0. The molecule has 0 aliphatic carbocycles. The summed E-state index contributed by atoms with van der Waals surface area (Å²) in [5, 5.41) is 14.4. The third-order valence-corrected chi connectivity index (χ3v) is 7.41. The number of aliphatic imine (C=N–C) groups is 3. The summed E-state index contributed by atoms with van der Waals surface area (Å²) in [5.41, 5.74) is 0. The van der Waals surface area contributed by atoms with Gasteiger partial charge < -0.3 is 31.5 Å². The molecule has 0 aromatic heterocycles. The number of carbonyl (C=O) groups is 3. The van der Waals surface area contributed by atoms with Gasteiger partial charge in [0.05, 0.1) is 19.6 Å². The first-order chi connectivity index (χ1) is 23.5. The van der Waals surface area contributed by atoms with Crippen LogP contribution in [0.2, 0.25) is 0 Å². The van der Waals surface area contributed by atoms with Crippen molar-refractivity contribution >= 4 is 36.3 Å². The molecular weight excluding hydrogens is 620 g/mol. The molecule has 0 aliphatic heterocycles. The Kier molecular flexibility index (Phi) is 31.3. The second kappa shape index (κ2) is 34.3. The first-order valence-electron chi connectivity index (χ1n) is 17.4. The molecule has 272 valence electrons. The highest BCUT2D eigenvalue weighted by Gasteiger charge is 2.14. The van der Waals surface area contributed by atoms with Crippen LogP contribution < -0.4 is 26.6 Å². The smallest absolute Gasteiger partial charge is 0.317 e. The van der Waals surface area contributed by atoms with Crippen LogP contribution in [0.5, 0.6) is 0 Å². The SMILES string of the molecule is CCN(CCN(CCNC(=O)NCCCCCCN=C=O)CCNC(=O)NCCCCCCN=C=O)C(=O)NCCCCCCN=C=O. The normalized spacial score (nSPS) is 10.2. The Morgan fingerprint density at radius 3 is 1.25 bits per heavy atom. The van der Waals surface area contributed by atoms with Gasteiger partial charge in [-0.2, -0.15) is 0 Å². The van der Waals surface area contributed by atoms with Crippen molar-refractivity contribution in [2.45, 2.75) is 84.0 Å². The fourth-order valence-corrected chi connectivity index (χ4v) is 4.64. The Hall–Kier alpha value is -4.09. The molecule has 0 aromatic rings. The number of unbranched alkanes of at least 4 members (excludes halogenated alkanes) is 9. The predicted octanol–water partition coefficient (Wildman–Crippen LogP) is 2.61. The molecule has 0 heterocycles. The van der Waals surface area contributed by atoms with E-state index in [1.54, 1.807) is 4.90 Å². The zero-order valence-electron chi connectivity index (χ0n) is 28.9. The number of amides is 6. The van der Waals surface area contributed by atoms with Crippen LogP contribution in [0.4, 0.5) is 14.4 Å². The summed E-state index contributed by atoms with van der Waals surface area (Å²) in [7, 11) is 0. The van der Waals surface area contributed by atoms with Gasteiger partial charge in [0.25, 0.3) is 0 Å². The molecule has 16 nitrogen and oxygen atoms in total. The molecule has 5 N–H and O–H groups in total. The molecule has 0 fully saturated rings. The number of carbonyl (C=O) groups excluding carboxylic acids is 6. The summed E-state index contributed by atoms with van der Waals surface area (Å²) >= 11 is 0. The van der Waals surface area contributed by atoms with E-state index in [0.29, 0.717) is 85.1 Å². The van der Waals surface area contributed by atoms with Gasteiger partial charge in [-0.15, -0.1) is 0 Å². The van der Waals surface area contributed by atoms with Gasteiger partial charge in [-0.1, -0.05) is 38.5 Å². The second-order valence-corrected chi connectivity index (χ2v) is 11.2. The molecule has 0 aromatic carbocycles. The topological polar surface area (TPSA) is 206 Å². The van der Waals surface area contributed by atoms with Crippen LogP contribution in [0.25, 0.3) is 0 Å². The first-order valence-corrected chi connectivity index (χ1v) is 17.4. The van der Waals surface area contributed by atoms with Crippen LogP contribution in [0.15, 0.2) is 15.0 Å². The Labute approximate surface area is 285 Å². The number of likely N-dealkylation sites (N-methyl/N-ethyl adjacent to an activating group) is 1. The van der Waals surface area contributed by atoms with Crippen molar-refractivity contribution in [2.75, 3.05) is 85.1 Å². The number of urea groups is 3. The molecule has 0 unspecified atom stereocenters. The second-order valence-electron chi connectivity index (χ2n) is 11.2. The molecule has 48 heavy (non-hydrogen) atoms. The van der Waals surface area contributed by atoms with E-state index < -0.39 is 0 Å². The number of hydrogen-bond donors (Lipinski definition) is 5. The average Bonchev–Trinajstić information content (AvgIpc) is 3.08. The molecule has 0 saturated heterocycles. The quantitative estimate of drug-likeness (QED) is 0.0421. The van der Waals surface area contributed by atoms with E-state index in [1.165, 1.54) is 18.2 Å². The number of rotatable bonds is 31. The maximum atomic E-state index is 12.8. The minimum atomic E-state index is -0.250. The van der Waals surface area contributed by atoms with Crippen LogP contribution in [0.3, 0.4) is 0 Å². The molecule has 0 radical (unpaired) electrons. The van der Waals surface area contributed by atoms with E-state index >= 15 is 0 Å². The van der Waals surface area contributed by atoms with Gasteiger partial charge in [-0.05, 0) is 45.4 Å². The summed E-state index contributed by atoms with van der Waals surface area (Å²) in [6.45, 7) is 8.51. The van der Waals surface area contributed by atoms with Crippen LogP contribution in [-0.2, 0) is 14.4 Å². The lowest BCUT2D eigenvalue weighted by atomic mass is 10.2. The molecule has 0 bridgehead atoms. The van der Waals surface area contributed by atoms with E-state index in [0.717, 1.165) is 77.0 Å². The minimum absolute atomic E-state index is 0.133. The van der Waals surface area contributed by atoms with Gasteiger partial charge >= 0.3 is 18.1 Å².